The fraction of sp³-hybridized carbons (Fsp3) is 0.400. The van der Waals surface area contributed by atoms with Crippen LogP contribution in [-0.2, 0) is 29.3 Å². The van der Waals surface area contributed by atoms with Gasteiger partial charge in [-0.15, -0.1) is 0 Å². The third-order valence-corrected chi connectivity index (χ3v) is 10.00. The summed E-state index contributed by atoms with van der Waals surface area (Å²) in [5.74, 6) is -1.15. The van der Waals surface area contributed by atoms with Crippen LogP contribution < -0.4 is 11.1 Å². The highest BCUT2D eigenvalue weighted by Crippen LogP contribution is 2.45. The van der Waals surface area contributed by atoms with E-state index in [1.807, 2.05) is 91.0 Å². The lowest BCUT2D eigenvalue weighted by Crippen LogP contribution is -2.52. The molecule has 1 saturated heterocycles. The molecule has 1 aliphatic heterocycles. The summed E-state index contributed by atoms with van der Waals surface area (Å²) in [6.45, 7) is 13.5. The first-order chi connectivity index (χ1) is 27.9. The van der Waals surface area contributed by atoms with E-state index in [4.69, 9.17) is 24.7 Å². The number of aliphatic hydroxyl groups is 1. The van der Waals surface area contributed by atoms with Gasteiger partial charge in [0.25, 0.3) is 0 Å². The number of aliphatic hydroxyl groups excluding tert-OH is 1. The molecule has 59 heavy (non-hydrogen) atoms. The number of nitrogens with two attached hydrogens (primary N) is 1. The number of esters is 1. The van der Waals surface area contributed by atoms with Crippen LogP contribution in [0.4, 0.5) is 15.4 Å². The van der Waals surface area contributed by atoms with Crippen molar-refractivity contribution in [3.63, 3.8) is 0 Å². The van der Waals surface area contributed by atoms with Gasteiger partial charge in [0.1, 0.15) is 40.8 Å². The quantitative estimate of drug-likeness (QED) is 0.0609. The molecule has 1 fully saturated rings. The zero-order valence-corrected chi connectivity index (χ0v) is 34.7. The Morgan fingerprint density at radius 2 is 1.36 bits per heavy atom. The minimum atomic E-state index is -1.57. The molecule has 5 N–H and O–H groups in total. The van der Waals surface area contributed by atoms with Crippen LogP contribution in [0.15, 0.2) is 104 Å². The number of hydrogen-bond donors (Lipinski definition) is 4. The number of benzene rings is 3. The molecular formula is C45H54N6O8. The van der Waals surface area contributed by atoms with Gasteiger partial charge in [-0.2, -0.15) is 0 Å². The number of alkyl carbamates (subject to hydrolysis) is 1. The first-order valence-electron chi connectivity index (χ1n) is 19.7. The number of fused-ring (bicyclic) bond motifs is 1. The van der Waals surface area contributed by atoms with Crippen LogP contribution in [0.3, 0.4) is 0 Å². The number of aromatic amines is 1. The molecule has 3 aromatic carbocycles. The third kappa shape index (κ3) is 9.18. The van der Waals surface area contributed by atoms with E-state index in [1.54, 1.807) is 61.6 Å². The number of nitrogens with one attached hydrogen (secondary N) is 2. The van der Waals surface area contributed by atoms with Crippen LogP contribution in [0.25, 0.3) is 11.0 Å². The molecule has 14 heteroatoms. The Hall–Kier alpha value is -5.99. The standard InChI is InChI=1S/C45H54N6O8/c1-27(2)33(50-41(54)58-43(3,4)5)40(53)57-38-32(25-56-45(28-18-12-9-13-19-28,29-20-14-10-15-21-29)30-22-16-11-17-23-30)51(42(55)59-44(6,7)8)36(37(38)52)31-24-47-35-34(31)48-26-49-39(35)46/h9-24,26-27,32-33,36-38,47,52H,25H2,1-8H3,(H,50,54)(H2,46,48,49)/t32-,33?,36+,37+,38-/m1/s1. The first kappa shape index (κ1) is 42.6. The van der Waals surface area contributed by atoms with Crippen LogP contribution in [-0.4, -0.2) is 85.2 Å². The molecule has 14 nitrogen and oxygen atoms in total. The number of H-pyrrole nitrogens is 1. The second kappa shape index (κ2) is 17.1. The van der Waals surface area contributed by atoms with Crippen LogP contribution >= 0.6 is 0 Å². The Morgan fingerprint density at radius 3 is 1.85 bits per heavy atom. The molecule has 2 aromatic heterocycles. The average Bonchev–Trinajstić information content (AvgIpc) is 3.72. The number of ether oxygens (including phenoxy) is 4. The largest absolute Gasteiger partial charge is 0.456 e. The Morgan fingerprint density at radius 1 is 0.831 bits per heavy atom. The van der Waals surface area contributed by atoms with Crippen molar-refractivity contribution in [3.05, 3.63) is 126 Å². The van der Waals surface area contributed by atoms with Gasteiger partial charge in [0.2, 0.25) is 0 Å². The zero-order chi connectivity index (χ0) is 42.7. The summed E-state index contributed by atoms with van der Waals surface area (Å²) in [5, 5.41) is 15.2. The van der Waals surface area contributed by atoms with E-state index in [-0.39, 0.29) is 12.4 Å². The lowest BCUT2D eigenvalue weighted by Gasteiger charge is -2.39. The predicted octanol–water partition coefficient (Wildman–Crippen LogP) is 7.03. The maximum atomic E-state index is 14.7. The molecule has 6 rings (SSSR count). The number of anilines is 1. The Labute approximate surface area is 344 Å². The predicted molar refractivity (Wildman–Crippen MR) is 222 cm³/mol. The summed E-state index contributed by atoms with van der Waals surface area (Å²) in [4.78, 5) is 55.0. The number of aromatic nitrogens is 3. The third-order valence-electron chi connectivity index (χ3n) is 10.00. The molecule has 3 heterocycles. The number of nitrogen functional groups attached to an aromatic ring is 1. The second-order valence-electron chi connectivity index (χ2n) is 17.0. The zero-order valence-electron chi connectivity index (χ0n) is 34.7. The van der Waals surface area contributed by atoms with Gasteiger partial charge < -0.3 is 40.1 Å². The highest BCUT2D eigenvalue weighted by molar-refractivity contribution is 5.88. The fourth-order valence-electron chi connectivity index (χ4n) is 7.48. The molecule has 0 radical (unpaired) electrons. The molecule has 2 amide bonds. The van der Waals surface area contributed by atoms with E-state index in [0.29, 0.717) is 16.6 Å². The smallest absolute Gasteiger partial charge is 0.411 e. The van der Waals surface area contributed by atoms with E-state index >= 15 is 0 Å². The van der Waals surface area contributed by atoms with Crippen molar-refractivity contribution < 1.29 is 38.4 Å². The van der Waals surface area contributed by atoms with Gasteiger partial charge in [-0.1, -0.05) is 105 Å². The van der Waals surface area contributed by atoms with Gasteiger partial charge in [0.15, 0.2) is 11.9 Å². The molecule has 5 aromatic rings. The Balaban J connectivity index is 1.52. The van der Waals surface area contributed by atoms with E-state index < -0.39 is 71.2 Å². The van der Waals surface area contributed by atoms with E-state index in [2.05, 4.69) is 20.3 Å². The monoisotopic (exact) mass is 806 g/mol. The van der Waals surface area contributed by atoms with Gasteiger partial charge >= 0.3 is 18.2 Å². The molecule has 1 unspecified atom stereocenters. The molecule has 0 spiro atoms. The number of carbonyl (C=O) groups excluding carboxylic acids is 3. The summed E-state index contributed by atoms with van der Waals surface area (Å²) in [6, 6.07) is 25.4. The summed E-state index contributed by atoms with van der Waals surface area (Å²) < 4.78 is 25.0. The van der Waals surface area contributed by atoms with Crippen molar-refractivity contribution >= 4 is 35.0 Å². The van der Waals surface area contributed by atoms with Crippen molar-refractivity contribution in [3.8, 4) is 0 Å². The number of carbonyl (C=O) groups is 3. The lowest BCUT2D eigenvalue weighted by atomic mass is 9.80. The molecule has 0 saturated carbocycles. The van der Waals surface area contributed by atoms with Crippen LogP contribution in [0, 0.1) is 5.92 Å². The highest BCUT2D eigenvalue weighted by atomic mass is 16.6. The van der Waals surface area contributed by atoms with Gasteiger partial charge in [-0.05, 0) is 64.2 Å². The van der Waals surface area contributed by atoms with Crippen LogP contribution in [0.5, 0.6) is 0 Å². The van der Waals surface area contributed by atoms with Gasteiger partial charge in [0.05, 0.1) is 24.2 Å². The summed E-state index contributed by atoms with van der Waals surface area (Å²) in [5.41, 5.74) is 6.63. The topological polar surface area (TPSA) is 191 Å². The average molecular weight is 807 g/mol. The van der Waals surface area contributed by atoms with Crippen LogP contribution in [0.2, 0.25) is 0 Å². The number of hydrogen-bond acceptors (Lipinski definition) is 11. The Kier molecular flexibility index (Phi) is 12.3. The van der Waals surface area contributed by atoms with E-state index in [0.717, 1.165) is 16.7 Å². The van der Waals surface area contributed by atoms with Crippen molar-refractivity contribution in [2.24, 2.45) is 5.92 Å². The van der Waals surface area contributed by atoms with E-state index in [9.17, 15) is 19.5 Å². The molecule has 312 valence electrons. The number of nitrogens with zero attached hydrogens (tertiary/aromatic N) is 3. The maximum Gasteiger partial charge on any atom is 0.411 e. The minimum Gasteiger partial charge on any atom is -0.456 e. The summed E-state index contributed by atoms with van der Waals surface area (Å²) in [7, 11) is 0. The lowest BCUT2D eigenvalue weighted by molar-refractivity contribution is -0.160. The molecule has 5 atom stereocenters. The maximum absolute atomic E-state index is 14.7. The highest BCUT2D eigenvalue weighted by Gasteiger charge is 2.56. The molecular weight excluding hydrogens is 753 g/mol. The second-order valence-corrected chi connectivity index (χ2v) is 17.0. The van der Waals surface area contributed by atoms with Crippen molar-refractivity contribution in [2.75, 3.05) is 12.3 Å². The number of likely N-dealkylation sites (tertiary alicyclic amines) is 1. The Bertz CT molecular complexity index is 2120. The number of amides is 2. The minimum absolute atomic E-state index is 0.159. The van der Waals surface area contributed by atoms with Crippen molar-refractivity contribution in [1.29, 1.82) is 0 Å². The van der Waals surface area contributed by atoms with Crippen molar-refractivity contribution in [1.82, 2.24) is 25.2 Å². The van der Waals surface area contributed by atoms with Crippen LogP contribution in [0.1, 0.15) is 83.7 Å². The molecule has 0 aliphatic carbocycles. The molecule has 1 aliphatic rings. The van der Waals surface area contributed by atoms with Gasteiger partial charge in [-0.25, -0.2) is 24.4 Å². The summed E-state index contributed by atoms with van der Waals surface area (Å²) in [6.07, 6.45) is -1.73. The SMILES string of the molecule is CC(C)C(NC(=O)OC(C)(C)C)C(=O)O[C@H]1[C@@H](O)[C@H](c2c[nH]c3c(N)ncnc23)N(C(=O)OC(C)(C)C)[C@@H]1COC(c1ccccc1)(c1ccccc1)c1ccccc1. The van der Waals surface area contributed by atoms with Crippen molar-refractivity contribution in [2.45, 2.75) is 103 Å². The normalized spacial score (nSPS) is 19.1. The first-order valence-corrected chi connectivity index (χ1v) is 19.7. The van der Waals surface area contributed by atoms with Gasteiger partial charge in [0, 0.05) is 11.8 Å². The summed E-state index contributed by atoms with van der Waals surface area (Å²) >= 11 is 0. The van der Waals surface area contributed by atoms with E-state index in [1.165, 1.54) is 11.2 Å². The number of rotatable bonds is 11. The molecule has 0 bridgehead atoms. The van der Waals surface area contributed by atoms with Gasteiger partial charge in [-0.3, -0.25) is 4.90 Å². The fourth-order valence-corrected chi connectivity index (χ4v) is 7.48.